The minimum atomic E-state index is -3.49. The highest BCUT2D eigenvalue weighted by Gasteiger charge is 2.45. The van der Waals surface area contributed by atoms with Gasteiger partial charge in [-0.3, -0.25) is 29.4 Å². The summed E-state index contributed by atoms with van der Waals surface area (Å²) in [6.07, 6.45) is 1.05. The third-order valence-electron chi connectivity index (χ3n) is 4.97. The number of hydrogen-bond donors (Lipinski definition) is 3. The second-order valence-corrected chi connectivity index (χ2v) is 9.02. The molecule has 0 spiro atoms. The normalized spacial score (nSPS) is 18.9. The van der Waals surface area contributed by atoms with Crippen molar-refractivity contribution in [2.45, 2.75) is 31.7 Å². The van der Waals surface area contributed by atoms with Crippen LogP contribution in [-0.4, -0.2) is 68.5 Å². The number of hydrogen-bond acceptors (Lipinski definition) is 8. The molecule has 1 fully saturated rings. The van der Waals surface area contributed by atoms with Crippen molar-refractivity contribution in [3.63, 3.8) is 0 Å². The van der Waals surface area contributed by atoms with Gasteiger partial charge in [-0.25, -0.2) is 13.6 Å². The van der Waals surface area contributed by atoms with E-state index < -0.39 is 39.7 Å². The molecule has 12 heteroatoms. The Hall–Kier alpha value is -2.83. The second kappa shape index (κ2) is 9.54. The van der Waals surface area contributed by atoms with Crippen molar-refractivity contribution in [2.75, 3.05) is 30.8 Å². The maximum absolute atomic E-state index is 13.0. The van der Waals surface area contributed by atoms with Gasteiger partial charge in [-0.1, -0.05) is 6.07 Å². The van der Waals surface area contributed by atoms with Crippen molar-refractivity contribution in [1.29, 1.82) is 0 Å². The van der Waals surface area contributed by atoms with E-state index in [0.29, 0.717) is 31.7 Å². The van der Waals surface area contributed by atoms with Crippen LogP contribution in [0, 0.1) is 0 Å². The van der Waals surface area contributed by atoms with E-state index in [1.807, 2.05) is 0 Å². The molecule has 2 heterocycles. The monoisotopic (exact) mass is 452 g/mol. The lowest BCUT2D eigenvalue weighted by atomic mass is 10.0. The number of sulfonamides is 1. The zero-order valence-corrected chi connectivity index (χ0v) is 17.6. The molecule has 2 aliphatic heterocycles. The van der Waals surface area contributed by atoms with E-state index in [9.17, 15) is 27.6 Å². The van der Waals surface area contributed by atoms with Gasteiger partial charge in [-0.2, -0.15) is 0 Å². The second-order valence-electron chi connectivity index (χ2n) is 7.29. The van der Waals surface area contributed by atoms with Gasteiger partial charge in [0, 0.05) is 31.9 Å². The molecule has 1 aromatic carbocycles. The van der Waals surface area contributed by atoms with Gasteiger partial charge in [-0.05, 0) is 31.4 Å². The molecule has 0 saturated carbocycles. The number of amides is 4. The van der Waals surface area contributed by atoms with Gasteiger partial charge in [0.25, 0.3) is 11.8 Å². The first-order valence-electron chi connectivity index (χ1n) is 9.86. The quantitative estimate of drug-likeness (QED) is 0.318. The zero-order valence-electron chi connectivity index (χ0n) is 16.8. The van der Waals surface area contributed by atoms with Crippen LogP contribution in [-0.2, 0) is 24.3 Å². The molecule has 1 unspecified atom stereocenters. The molecule has 0 radical (unpaired) electrons. The summed E-state index contributed by atoms with van der Waals surface area (Å²) >= 11 is 0. The van der Waals surface area contributed by atoms with Crippen LogP contribution in [0.4, 0.5) is 5.69 Å². The molecule has 0 aliphatic carbocycles. The number of nitrogens with two attached hydrogens (primary N) is 1. The number of benzene rings is 1. The summed E-state index contributed by atoms with van der Waals surface area (Å²) in [5, 5.41) is 10.2. The Morgan fingerprint density at radius 2 is 1.87 bits per heavy atom. The number of carbonyl (C=O) groups excluding carboxylic acids is 4. The number of piperidine rings is 1. The maximum Gasteiger partial charge on any atom is 0.264 e. The topological polar surface area (TPSA) is 165 Å². The standard InChI is InChI=1S/C19H24N4O7S/c20-31(28,29)11-3-10-30-9-2-8-21-13-5-1-4-12-16(13)19(27)23(18(12)26)14-6-7-15(24)22-17(14)25/h1,4-5,14,21H,2-3,6-11H2,(H2,20,28,29)(H,22,24,25). The van der Waals surface area contributed by atoms with E-state index in [2.05, 4.69) is 10.6 Å². The summed E-state index contributed by atoms with van der Waals surface area (Å²) in [4.78, 5) is 50.2. The van der Waals surface area contributed by atoms with Gasteiger partial charge >= 0.3 is 0 Å². The summed E-state index contributed by atoms with van der Waals surface area (Å²) in [6, 6.07) is 3.83. The molecule has 4 amide bonds. The Labute approximate surface area is 179 Å². The lowest BCUT2D eigenvalue weighted by Crippen LogP contribution is -2.54. The third kappa shape index (κ3) is 5.46. The molecule has 1 aromatic rings. The number of imide groups is 2. The van der Waals surface area contributed by atoms with Gasteiger partial charge in [0.1, 0.15) is 6.04 Å². The van der Waals surface area contributed by atoms with Crippen LogP contribution in [0.25, 0.3) is 0 Å². The van der Waals surface area contributed by atoms with Gasteiger partial charge in [0.2, 0.25) is 21.8 Å². The molecule has 4 N–H and O–H groups in total. The molecule has 168 valence electrons. The Morgan fingerprint density at radius 1 is 1.13 bits per heavy atom. The van der Waals surface area contributed by atoms with E-state index in [4.69, 9.17) is 9.88 Å². The molecular weight excluding hydrogens is 428 g/mol. The van der Waals surface area contributed by atoms with E-state index in [-0.39, 0.29) is 36.3 Å². The summed E-state index contributed by atoms with van der Waals surface area (Å²) in [5.41, 5.74) is 0.880. The average Bonchev–Trinajstić information content (AvgIpc) is 2.95. The summed E-state index contributed by atoms with van der Waals surface area (Å²) < 4.78 is 27.0. The first-order valence-corrected chi connectivity index (χ1v) is 11.6. The molecule has 1 saturated heterocycles. The predicted molar refractivity (Wildman–Crippen MR) is 110 cm³/mol. The molecule has 0 aromatic heterocycles. The van der Waals surface area contributed by atoms with Crippen molar-refractivity contribution < 1.29 is 32.3 Å². The highest BCUT2D eigenvalue weighted by atomic mass is 32.2. The van der Waals surface area contributed by atoms with Crippen LogP contribution in [0.15, 0.2) is 18.2 Å². The number of carbonyl (C=O) groups is 4. The van der Waals surface area contributed by atoms with Crippen molar-refractivity contribution in [3.05, 3.63) is 29.3 Å². The molecule has 2 aliphatic rings. The third-order valence-corrected chi connectivity index (χ3v) is 5.82. The van der Waals surface area contributed by atoms with E-state index in [1.54, 1.807) is 12.1 Å². The van der Waals surface area contributed by atoms with Gasteiger partial charge in [0.15, 0.2) is 0 Å². The van der Waals surface area contributed by atoms with Crippen molar-refractivity contribution in [3.8, 4) is 0 Å². The molecule has 11 nitrogen and oxygen atoms in total. The van der Waals surface area contributed by atoms with Crippen molar-refractivity contribution >= 4 is 39.3 Å². The van der Waals surface area contributed by atoms with Gasteiger partial charge in [-0.15, -0.1) is 0 Å². The first-order chi connectivity index (χ1) is 14.7. The highest BCUT2D eigenvalue weighted by Crippen LogP contribution is 2.32. The fourth-order valence-corrected chi connectivity index (χ4v) is 4.04. The van der Waals surface area contributed by atoms with Crippen LogP contribution < -0.4 is 15.8 Å². The van der Waals surface area contributed by atoms with Crippen LogP contribution in [0.5, 0.6) is 0 Å². The van der Waals surface area contributed by atoms with Crippen molar-refractivity contribution in [2.24, 2.45) is 5.14 Å². The largest absolute Gasteiger partial charge is 0.384 e. The number of rotatable bonds is 10. The SMILES string of the molecule is NS(=O)(=O)CCCOCCCNc1cccc2c1C(=O)N(C1CCC(=O)NC1=O)C2=O. The number of ether oxygens (including phenoxy) is 1. The van der Waals surface area contributed by atoms with Crippen LogP contribution in [0.1, 0.15) is 46.4 Å². The summed E-state index contributed by atoms with van der Waals surface area (Å²) in [5.74, 6) is -2.35. The van der Waals surface area contributed by atoms with Gasteiger partial charge in [0.05, 0.1) is 16.9 Å². The van der Waals surface area contributed by atoms with Crippen molar-refractivity contribution in [1.82, 2.24) is 10.2 Å². The average molecular weight is 452 g/mol. The molecular formula is C19H24N4O7S. The Kier molecular flexibility index (Phi) is 7.03. The smallest absolute Gasteiger partial charge is 0.264 e. The number of fused-ring (bicyclic) bond motifs is 1. The highest BCUT2D eigenvalue weighted by molar-refractivity contribution is 7.89. The molecule has 3 rings (SSSR count). The van der Waals surface area contributed by atoms with E-state index >= 15 is 0 Å². The minimum absolute atomic E-state index is 0.0616. The molecule has 1 atom stereocenters. The summed E-state index contributed by atoms with van der Waals surface area (Å²) in [6.45, 7) is 1.10. The lowest BCUT2D eigenvalue weighted by Gasteiger charge is -2.27. The van der Waals surface area contributed by atoms with Crippen LogP contribution in [0.3, 0.4) is 0 Å². The fraction of sp³-hybridized carbons (Fsp3) is 0.474. The molecule has 0 bridgehead atoms. The number of primary sulfonamides is 1. The van der Waals surface area contributed by atoms with E-state index in [0.717, 1.165) is 4.90 Å². The zero-order chi connectivity index (χ0) is 22.6. The van der Waals surface area contributed by atoms with Crippen LogP contribution >= 0.6 is 0 Å². The molecule has 31 heavy (non-hydrogen) atoms. The Morgan fingerprint density at radius 3 is 2.58 bits per heavy atom. The minimum Gasteiger partial charge on any atom is -0.384 e. The maximum atomic E-state index is 13.0. The number of nitrogens with zero attached hydrogens (tertiary/aromatic N) is 1. The van der Waals surface area contributed by atoms with Crippen LogP contribution in [0.2, 0.25) is 0 Å². The predicted octanol–water partition coefficient (Wildman–Crippen LogP) is -0.415. The number of nitrogens with one attached hydrogen (secondary N) is 2. The number of anilines is 1. The fourth-order valence-electron chi connectivity index (χ4n) is 3.52. The summed E-state index contributed by atoms with van der Waals surface area (Å²) in [7, 11) is -3.49. The van der Waals surface area contributed by atoms with E-state index in [1.165, 1.54) is 6.07 Å². The first kappa shape index (κ1) is 22.8. The Balaban J connectivity index is 1.56. The lowest BCUT2D eigenvalue weighted by molar-refractivity contribution is -0.136. The van der Waals surface area contributed by atoms with Gasteiger partial charge < -0.3 is 10.1 Å². The Bertz CT molecular complexity index is 1010.